The van der Waals surface area contributed by atoms with Gasteiger partial charge in [0.15, 0.2) is 0 Å². The molecule has 24 aromatic carbocycles. The highest BCUT2D eigenvalue weighted by Crippen LogP contribution is 2.57. The second-order valence-corrected chi connectivity index (χ2v) is 39.7. The number of hydrogen-bond donors (Lipinski definition) is 0. The van der Waals surface area contributed by atoms with Gasteiger partial charge in [0.2, 0.25) is 0 Å². The van der Waals surface area contributed by atoms with Crippen LogP contribution in [0.5, 0.6) is 0 Å². The van der Waals surface area contributed by atoms with Gasteiger partial charge in [-0.05, 0) is 359 Å². The molecule has 0 radical (unpaired) electrons. The summed E-state index contributed by atoms with van der Waals surface area (Å²) in [5, 5.41) is 12.2. The average molecular weight is 1920 g/mol. The molecule has 0 spiro atoms. The second-order valence-electron chi connectivity index (χ2n) is 39.7. The van der Waals surface area contributed by atoms with Crippen LogP contribution in [0.3, 0.4) is 0 Å². The summed E-state index contributed by atoms with van der Waals surface area (Å²) >= 11 is 0. The summed E-state index contributed by atoms with van der Waals surface area (Å²) in [6.45, 7) is 25.2. The first-order valence-electron chi connectivity index (χ1n) is 50.7. The molecule has 0 aliphatic rings. The number of para-hydroxylation sites is 4. The molecule has 0 aliphatic carbocycles. The first-order chi connectivity index (χ1) is 72.0. The number of nitrogens with zero attached hydrogens (tertiary/aromatic N) is 4. The molecular weight excluding hydrogens is 1810 g/mol. The van der Waals surface area contributed by atoms with E-state index in [1.54, 1.807) is 24.3 Å². The topological polar surface area (TPSA) is 13.0 Å². The Balaban J connectivity index is 0.000000163. The largest absolute Gasteiger partial charge is 0.307 e. The Labute approximate surface area is 863 Å². The lowest BCUT2D eigenvalue weighted by molar-refractivity contribution is 0.629. The van der Waals surface area contributed by atoms with E-state index in [2.05, 4.69) is 418 Å². The molecule has 0 aromatic heterocycles. The maximum Gasteiger partial charge on any atom is 0.148 e. The van der Waals surface area contributed by atoms with Crippen molar-refractivity contribution < 1.29 is 17.6 Å². The van der Waals surface area contributed by atoms with Crippen LogP contribution in [-0.4, -0.2) is 0 Å². The minimum absolute atomic E-state index is 0.324. The van der Waals surface area contributed by atoms with Crippen LogP contribution in [0, 0.1) is 106 Å². The number of aryl methyl sites for hydroxylation is 8. The van der Waals surface area contributed by atoms with Gasteiger partial charge in [-0.25, -0.2) is 17.6 Å². The number of halogens is 4. The summed E-state index contributed by atoms with van der Waals surface area (Å²) in [6.07, 6.45) is 0. The van der Waals surface area contributed by atoms with E-state index in [9.17, 15) is 0 Å². The van der Waals surface area contributed by atoms with E-state index in [-0.39, 0.29) is 23.3 Å². The summed E-state index contributed by atoms with van der Waals surface area (Å²) < 4.78 is 71.9. The van der Waals surface area contributed by atoms with E-state index in [4.69, 9.17) is 0 Å². The number of anilines is 12. The highest BCUT2D eigenvalue weighted by Gasteiger charge is 2.34. The van der Waals surface area contributed by atoms with Gasteiger partial charge in [-0.15, -0.1) is 0 Å². The van der Waals surface area contributed by atoms with Crippen LogP contribution in [0.15, 0.2) is 437 Å². The predicted octanol–water partition coefficient (Wildman–Crippen LogP) is 40.6. The van der Waals surface area contributed by atoms with Crippen molar-refractivity contribution in [2.24, 2.45) is 0 Å². The average Bonchev–Trinajstić information content (AvgIpc) is 0.714. The lowest BCUT2D eigenvalue weighted by Gasteiger charge is -2.32. The molecule has 0 aliphatic heterocycles. The standard InChI is InChI=1S/C72H58F2N2.C68H50F2N2/c1-43-19-15-27-57(47(43)5)53-39-63(59-29-17-21-45(3)49(59)7)71(65(73)41-53)75(55-23-11-9-12-24-55)67-37-33-51-32-36-62-68(38-34-52-31-35-61(67)69(51)70(52)62)76(56-25-13-10-14-26-56)72-64(60-30-18-22-46(4)50(60)8)40-54(42-66(72)74)58-28-16-20-44(2)48(58)6;1-43-15-23-47(24-16-43)53-39-59(49-27-19-45(3)20-28-49)67(61(69)41-53)71(55-11-7-5-8-12-55)63-37-33-51-32-36-58-64(38-34-52-31-35-57(63)65(51)66(52)58)72(56-13-9-6-10-14-56)68-60(50-29-21-46(4)22-30-50)40-54(42-62(68)70)48-25-17-44(2)18-26-48/h9-42H,1-8H3;5-42H,1-4H3. The molecule has 0 atom stereocenters. The van der Waals surface area contributed by atoms with Crippen molar-refractivity contribution in [3.8, 4) is 89.0 Å². The normalized spacial score (nSPS) is 11.5. The van der Waals surface area contributed by atoms with Gasteiger partial charge in [-0.2, -0.15) is 0 Å². The molecule has 0 fully saturated rings. The molecular formula is C140H108F4N4. The fourth-order valence-corrected chi connectivity index (χ4v) is 22.2. The van der Waals surface area contributed by atoms with Gasteiger partial charge in [-0.1, -0.05) is 338 Å². The molecule has 0 bridgehead atoms. The van der Waals surface area contributed by atoms with Crippen molar-refractivity contribution in [1.82, 2.24) is 0 Å². The van der Waals surface area contributed by atoms with Gasteiger partial charge >= 0.3 is 0 Å². The van der Waals surface area contributed by atoms with E-state index in [1.807, 2.05) is 97.1 Å². The molecule has 24 aromatic rings. The zero-order chi connectivity index (χ0) is 102. The van der Waals surface area contributed by atoms with Gasteiger partial charge in [0.05, 0.1) is 45.5 Å². The maximum absolute atomic E-state index is 18.1. The zero-order valence-electron chi connectivity index (χ0n) is 84.9. The molecule has 0 saturated heterocycles. The Morgan fingerprint density at radius 2 is 0.372 bits per heavy atom. The fraction of sp³-hybridized carbons (Fsp3) is 0.0857. The highest BCUT2D eigenvalue weighted by molar-refractivity contribution is 6.30. The number of rotatable bonds is 20. The lowest BCUT2D eigenvalue weighted by atomic mass is 9.89. The summed E-state index contributed by atoms with van der Waals surface area (Å²) in [6, 6.07) is 149. The molecule has 0 saturated carbocycles. The van der Waals surface area contributed by atoms with Crippen LogP contribution in [-0.2, 0) is 0 Å². The smallest absolute Gasteiger partial charge is 0.148 e. The molecule has 0 unspecified atom stereocenters. The second kappa shape index (κ2) is 38.8. The Kier molecular flexibility index (Phi) is 24.6. The Bertz CT molecular complexity index is 8710. The van der Waals surface area contributed by atoms with E-state index >= 15 is 17.6 Å². The van der Waals surface area contributed by atoms with E-state index in [1.165, 1.54) is 0 Å². The van der Waals surface area contributed by atoms with E-state index < -0.39 is 0 Å². The van der Waals surface area contributed by atoms with Gasteiger partial charge in [0, 0.05) is 66.5 Å². The SMILES string of the molecule is Cc1ccc(-c2cc(F)c(N(c3ccccc3)c3ccc4ccc5c(N(c6ccccc6)c6c(F)cc(-c7ccc(C)cc7)cc6-c6ccc(C)cc6)ccc6ccc3c4c65)c(-c3ccc(C)cc3)c2)cc1.Cc1cccc(-c2cc(F)c(N(c3ccccc3)c3ccc4ccc5c(N(c6ccccc6)c6c(F)cc(-c7cccc(C)c7C)cc6-c6cccc(C)c6C)ccc6ccc3c4c65)c(-c3cccc(C)c3C)c2)c1C. The van der Waals surface area contributed by atoms with Crippen LogP contribution in [0.4, 0.5) is 85.8 Å². The summed E-state index contributed by atoms with van der Waals surface area (Å²) in [5.41, 5.74) is 36.2. The zero-order valence-corrected chi connectivity index (χ0v) is 84.9. The summed E-state index contributed by atoms with van der Waals surface area (Å²) in [7, 11) is 0. The van der Waals surface area contributed by atoms with Crippen molar-refractivity contribution in [2.45, 2.75) is 83.1 Å². The van der Waals surface area contributed by atoms with E-state index in [0.29, 0.717) is 22.7 Å². The van der Waals surface area contributed by atoms with Crippen molar-refractivity contribution in [2.75, 3.05) is 19.6 Å². The maximum atomic E-state index is 18.1. The quantitative estimate of drug-likeness (QED) is 0.0557. The molecule has 0 heterocycles. The fourth-order valence-electron chi connectivity index (χ4n) is 22.2. The molecule has 8 heteroatoms. The molecule has 0 N–H and O–H groups in total. The van der Waals surface area contributed by atoms with Crippen LogP contribution in [0.25, 0.3) is 154 Å². The summed E-state index contributed by atoms with van der Waals surface area (Å²) in [4.78, 5) is 8.41. The molecule has 0 amide bonds. The highest BCUT2D eigenvalue weighted by atomic mass is 19.1. The first-order valence-corrected chi connectivity index (χ1v) is 50.7. The number of hydrogen-bond acceptors (Lipinski definition) is 4. The van der Waals surface area contributed by atoms with Gasteiger partial charge in [0.25, 0.3) is 0 Å². The molecule has 4 nitrogen and oxygen atoms in total. The minimum Gasteiger partial charge on any atom is -0.307 e. The lowest BCUT2D eigenvalue weighted by Crippen LogP contribution is -2.15. The predicted molar refractivity (Wildman–Crippen MR) is 619 cm³/mol. The Hall–Kier alpha value is -17.7. The van der Waals surface area contributed by atoms with Gasteiger partial charge in [0.1, 0.15) is 23.3 Å². The third-order valence-corrected chi connectivity index (χ3v) is 30.5. The Morgan fingerprint density at radius 3 is 0.635 bits per heavy atom. The Morgan fingerprint density at radius 1 is 0.155 bits per heavy atom. The van der Waals surface area contributed by atoms with Crippen LogP contribution >= 0.6 is 0 Å². The third kappa shape index (κ3) is 16.9. The number of benzene rings is 24. The van der Waals surface area contributed by atoms with Crippen molar-refractivity contribution in [3.05, 3.63) is 527 Å². The van der Waals surface area contributed by atoms with Gasteiger partial charge in [-0.3, -0.25) is 0 Å². The molecule has 716 valence electrons. The van der Waals surface area contributed by atoms with Crippen molar-refractivity contribution in [3.63, 3.8) is 0 Å². The third-order valence-electron chi connectivity index (χ3n) is 30.5. The minimum atomic E-state index is -0.334. The van der Waals surface area contributed by atoms with Crippen LogP contribution < -0.4 is 19.6 Å². The van der Waals surface area contributed by atoms with E-state index in [0.717, 1.165) is 266 Å². The molecule has 24 rings (SSSR count). The van der Waals surface area contributed by atoms with Crippen molar-refractivity contribution >= 4 is 133 Å². The first kappa shape index (κ1) is 93.9. The van der Waals surface area contributed by atoms with Crippen LogP contribution in [0.1, 0.15) is 66.8 Å². The monoisotopic (exact) mass is 1920 g/mol. The van der Waals surface area contributed by atoms with Crippen molar-refractivity contribution in [1.29, 1.82) is 0 Å². The summed E-state index contributed by atoms with van der Waals surface area (Å²) in [5.74, 6) is -1.32. The van der Waals surface area contributed by atoms with Crippen LogP contribution in [0.2, 0.25) is 0 Å². The van der Waals surface area contributed by atoms with Gasteiger partial charge < -0.3 is 19.6 Å². The molecule has 148 heavy (non-hydrogen) atoms.